The summed E-state index contributed by atoms with van der Waals surface area (Å²) in [5.41, 5.74) is 1.26. The van der Waals surface area contributed by atoms with Gasteiger partial charge in [0.2, 0.25) is 0 Å². The largest absolute Gasteiger partial charge is 0.486 e. The van der Waals surface area contributed by atoms with Crippen molar-refractivity contribution < 1.29 is 28.6 Å². The number of urea groups is 1. The second kappa shape index (κ2) is 8.34. The number of nitrogens with one attached hydrogen (secondary N) is 2. The Balaban J connectivity index is 1.42. The van der Waals surface area contributed by atoms with Gasteiger partial charge in [0.1, 0.15) is 13.2 Å². The van der Waals surface area contributed by atoms with E-state index in [4.69, 9.17) is 14.2 Å². The van der Waals surface area contributed by atoms with Gasteiger partial charge in [-0.2, -0.15) is 11.3 Å². The molecule has 2 heterocycles. The lowest BCUT2D eigenvalue weighted by Gasteiger charge is -2.19. The van der Waals surface area contributed by atoms with E-state index in [9.17, 15) is 14.4 Å². The van der Waals surface area contributed by atoms with Crippen LogP contribution in [0.1, 0.15) is 5.56 Å². The third-order valence-corrected chi connectivity index (χ3v) is 4.08. The van der Waals surface area contributed by atoms with Crippen molar-refractivity contribution in [1.82, 2.24) is 5.32 Å². The molecule has 0 unspecified atom stereocenters. The zero-order valence-electron chi connectivity index (χ0n) is 13.7. The normalized spacial score (nSPS) is 12.2. The average Bonchev–Trinajstić information content (AvgIpc) is 3.12. The maximum atomic E-state index is 11.8. The smallest absolute Gasteiger partial charge is 0.325 e. The zero-order valence-corrected chi connectivity index (χ0v) is 14.5. The van der Waals surface area contributed by atoms with Crippen molar-refractivity contribution >= 4 is 34.9 Å². The summed E-state index contributed by atoms with van der Waals surface area (Å²) in [6.07, 6.45) is 0.0835. The highest BCUT2D eigenvalue weighted by Gasteiger charge is 2.15. The van der Waals surface area contributed by atoms with Crippen molar-refractivity contribution in [2.24, 2.45) is 0 Å². The van der Waals surface area contributed by atoms with Gasteiger partial charge in [0, 0.05) is 11.8 Å². The van der Waals surface area contributed by atoms with E-state index in [0.29, 0.717) is 30.4 Å². The summed E-state index contributed by atoms with van der Waals surface area (Å²) < 4.78 is 15.6. The number of fused-ring (bicyclic) bond motifs is 1. The van der Waals surface area contributed by atoms with E-state index < -0.39 is 24.5 Å². The number of anilines is 1. The second-order valence-corrected chi connectivity index (χ2v) is 6.11. The number of imide groups is 1. The zero-order chi connectivity index (χ0) is 18.4. The Morgan fingerprint density at radius 2 is 1.92 bits per heavy atom. The van der Waals surface area contributed by atoms with E-state index in [2.05, 4.69) is 10.6 Å². The van der Waals surface area contributed by atoms with Crippen LogP contribution in [0.25, 0.3) is 0 Å². The van der Waals surface area contributed by atoms with Gasteiger partial charge in [0.15, 0.2) is 18.1 Å². The number of ether oxygens (including phenoxy) is 3. The number of amides is 3. The predicted molar refractivity (Wildman–Crippen MR) is 93.6 cm³/mol. The van der Waals surface area contributed by atoms with Crippen LogP contribution in [0.3, 0.4) is 0 Å². The Bertz CT molecular complexity index is 806. The predicted octanol–water partition coefficient (Wildman–Crippen LogP) is 1.95. The van der Waals surface area contributed by atoms with Crippen LogP contribution in [0.4, 0.5) is 10.5 Å². The maximum Gasteiger partial charge on any atom is 0.325 e. The van der Waals surface area contributed by atoms with Gasteiger partial charge in [0.05, 0.1) is 6.42 Å². The Morgan fingerprint density at radius 3 is 2.69 bits per heavy atom. The number of rotatable bonds is 5. The standard InChI is InChI=1S/C17H16N2O6S/c20-15(9-25-16(21)7-11-3-6-26-10-11)19-17(22)18-12-1-2-13-14(8-12)24-5-4-23-13/h1-3,6,8,10H,4-5,7,9H2,(H2,18,19,20,22). The highest BCUT2D eigenvalue weighted by molar-refractivity contribution is 7.08. The highest BCUT2D eigenvalue weighted by atomic mass is 32.1. The van der Waals surface area contributed by atoms with Crippen LogP contribution in [0.15, 0.2) is 35.0 Å². The van der Waals surface area contributed by atoms with Crippen molar-refractivity contribution in [2.45, 2.75) is 6.42 Å². The molecule has 3 amide bonds. The lowest BCUT2D eigenvalue weighted by atomic mass is 10.2. The first kappa shape index (κ1) is 17.7. The lowest BCUT2D eigenvalue weighted by Crippen LogP contribution is -2.37. The van der Waals surface area contributed by atoms with Gasteiger partial charge in [-0.1, -0.05) is 0 Å². The number of hydrogen-bond acceptors (Lipinski definition) is 7. The number of esters is 1. The van der Waals surface area contributed by atoms with E-state index >= 15 is 0 Å². The van der Waals surface area contributed by atoms with Crippen LogP contribution in [0.2, 0.25) is 0 Å². The van der Waals surface area contributed by atoms with E-state index in [1.54, 1.807) is 24.3 Å². The molecule has 136 valence electrons. The third-order valence-electron chi connectivity index (χ3n) is 3.35. The summed E-state index contributed by atoms with van der Waals surface area (Å²) in [5.74, 6) is -0.150. The minimum Gasteiger partial charge on any atom is -0.486 e. The van der Waals surface area contributed by atoms with E-state index in [1.807, 2.05) is 10.8 Å². The van der Waals surface area contributed by atoms with E-state index in [-0.39, 0.29) is 6.42 Å². The molecule has 1 aliphatic heterocycles. The molecule has 26 heavy (non-hydrogen) atoms. The molecule has 0 spiro atoms. The SMILES string of the molecule is O=C(COC(=O)Cc1ccsc1)NC(=O)Nc1ccc2c(c1)OCCO2. The van der Waals surface area contributed by atoms with Crippen LogP contribution in [-0.2, 0) is 20.7 Å². The third kappa shape index (κ3) is 4.96. The van der Waals surface area contributed by atoms with E-state index in [1.165, 1.54) is 11.3 Å². The van der Waals surface area contributed by atoms with Crippen LogP contribution in [0.5, 0.6) is 11.5 Å². The first-order chi connectivity index (χ1) is 12.6. The first-order valence-electron chi connectivity index (χ1n) is 7.77. The number of carbonyl (C=O) groups excluding carboxylic acids is 3. The van der Waals surface area contributed by atoms with Crippen LogP contribution >= 0.6 is 11.3 Å². The maximum absolute atomic E-state index is 11.8. The molecule has 0 bridgehead atoms. The first-order valence-corrected chi connectivity index (χ1v) is 8.71. The Morgan fingerprint density at radius 1 is 1.12 bits per heavy atom. The van der Waals surface area contributed by atoms with Gasteiger partial charge < -0.3 is 19.5 Å². The fourth-order valence-corrected chi connectivity index (χ4v) is 2.87. The number of hydrogen-bond donors (Lipinski definition) is 2. The average molecular weight is 376 g/mol. The van der Waals surface area contributed by atoms with Crippen molar-refractivity contribution in [1.29, 1.82) is 0 Å². The molecule has 2 N–H and O–H groups in total. The van der Waals surface area contributed by atoms with Gasteiger partial charge >= 0.3 is 12.0 Å². The number of thiophene rings is 1. The molecule has 2 aromatic rings. The molecule has 9 heteroatoms. The van der Waals surface area contributed by atoms with Gasteiger partial charge in [-0.15, -0.1) is 0 Å². The number of benzene rings is 1. The fourth-order valence-electron chi connectivity index (χ4n) is 2.20. The minimum atomic E-state index is -0.736. The van der Waals surface area contributed by atoms with Crippen LogP contribution in [-0.4, -0.2) is 37.7 Å². The Hall–Kier alpha value is -3.07. The fraction of sp³-hybridized carbons (Fsp3) is 0.235. The molecule has 0 aliphatic carbocycles. The van der Waals surface area contributed by atoms with Gasteiger partial charge in [-0.3, -0.25) is 14.9 Å². The Kier molecular flexibility index (Phi) is 5.69. The molecular weight excluding hydrogens is 360 g/mol. The molecule has 3 rings (SSSR count). The molecule has 0 saturated heterocycles. The second-order valence-electron chi connectivity index (χ2n) is 5.33. The Labute approximate surface area is 153 Å². The molecule has 8 nitrogen and oxygen atoms in total. The summed E-state index contributed by atoms with van der Waals surface area (Å²) in [4.78, 5) is 35.1. The number of carbonyl (C=O) groups is 3. The molecule has 0 saturated carbocycles. The van der Waals surface area contributed by atoms with Crippen molar-refractivity contribution in [2.75, 3.05) is 25.1 Å². The van der Waals surface area contributed by atoms with E-state index in [0.717, 1.165) is 5.56 Å². The van der Waals surface area contributed by atoms with Crippen LogP contribution < -0.4 is 20.1 Å². The highest BCUT2D eigenvalue weighted by Crippen LogP contribution is 2.32. The summed E-state index contributed by atoms with van der Waals surface area (Å²) in [6, 6.07) is 5.95. The summed E-state index contributed by atoms with van der Waals surface area (Å²) in [7, 11) is 0. The lowest BCUT2D eigenvalue weighted by molar-refractivity contribution is -0.147. The summed E-state index contributed by atoms with van der Waals surface area (Å²) in [5, 5.41) is 8.25. The minimum absolute atomic E-state index is 0.0835. The van der Waals surface area contributed by atoms with Gasteiger partial charge in [0.25, 0.3) is 5.91 Å². The van der Waals surface area contributed by atoms with Crippen molar-refractivity contribution in [3.8, 4) is 11.5 Å². The summed E-state index contributed by atoms with van der Waals surface area (Å²) >= 11 is 1.47. The molecule has 0 fully saturated rings. The van der Waals surface area contributed by atoms with Gasteiger partial charge in [-0.05, 0) is 34.5 Å². The molecular formula is C17H16N2O6S. The van der Waals surface area contributed by atoms with Crippen molar-refractivity contribution in [3.05, 3.63) is 40.6 Å². The molecule has 1 aliphatic rings. The quantitative estimate of drug-likeness (QED) is 0.773. The molecule has 0 atom stereocenters. The monoisotopic (exact) mass is 376 g/mol. The van der Waals surface area contributed by atoms with Crippen LogP contribution in [0, 0.1) is 0 Å². The molecule has 1 aromatic heterocycles. The summed E-state index contributed by atoms with van der Waals surface area (Å²) in [6.45, 7) is 0.370. The van der Waals surface area contributed by atoms with Gasteiger partial charge in [-0.25, -0.2) is 4.79 Å². The van der Waals surface area contributed by atoms with Crippen molar-refractivity contribution in [3.63, 3.8) is 0 Å². The topological polar surface area (TPSA) is 103 Å². The molecule has 0 radical (unpaired) electrons. The molecule has 1 aromatic carbocycles.